The maximum absolute atomic E-state index is 8.96. The topological polar surface area (TPSA) is 86.6 Å². The molecule has 0 aliphatic carbocycles. The Morgan fingerprint density at radius 3 is 2.22 bits per heavy atom. The first-order valence-electron chi connectivity index (χ1n) is 8.58. The minimum Gasteiger partial charge on any atom is -0.402 e. The summed E-state index contributed by atoms with van der Waals surface area (Å²) in [5.74, 6) is 0. The summed E-state index contributed by atoms with van der Waals surface area (Å²) in [5, 5.41) is 17.5. The van der Waals surface area contributed by atoms with E-state index in [4.69, 9.17) is 16.4 Å². The van der Waals surface area contributed by atoms with Crippen LogP contribution in [0.25, 0.3) is 16.7 Å². The maximum atomic E-state index is 8.96. The molecule has 1 heterocycles. The van der Waals surface area contributed by atoms with E-state index in [-0.39, 0.29) is 0 Å². The Balaban J connectivity index is 2.01. The predicted molar refractivity (Wildman–Crippen MR) is 109 cm³/mol. The third kappa shape index (κ3) is 3.78. The monoisotopic (exact) mass is 352 g/mol. The number of nitrogens with zero attached hydrogens (tertiary/aromatic N) is 2. The Hall–Kier alpha value is -3.71. The van der Waals surface area contributed by atoms with Gasteiger partial charge in [-0.15, -0.1) is 0 Å². The average molecular weight is 352 g/mol. The second-order valence-corrected chi connectivity index (χ2v) is 6.39. The third-order valence-electron chi connectivity index (χ3n) is 4.45. The summed E-state index contributed by atoms with van der Waals surface area (Å²) in [5.41, 5.74) is 13.4. The van der Waals surface area contributed by atoms with Crippen LogP contribution in [-0.2, 0) is 0 Å². The fraction of sp³-hybridized carbons (Fsp3) is 0.0870. The molecule has 0 atom stereocenters. The molecule has 0 saturated heterocycles. The number of allylic oxidation sites excluding steroid dienone is 2. The summed E-state index contributed by atoms with van der Waals surface area (Å²) in [6, 6.07) is 19.4. The minimum absolute atomic E-state index is 0.378. The molecule has 0 amide bonds. The van der Waals surface area contributed by atoms with E-state index in [1.165, 1.54) is 0 Å². The molecule has 27 heavy (non-hydrogen) atoms. The van der Waals surface area contributed by atoms with Gasteiger partial charge in [0.1, 0.15) is 0 Å². The van der Waals surface area contributed by atoms with Gasteiger partial charge in [-0.2, -0.15) is 5.26 Å². The van der Waals surface area contributed by atoms with Crippen LogP contribution in [0, 0.1) is 23.7 Å². The Kier molecular flexibility index (Phi) is 5.14. The Bertz CT molecular complexity index is 1050. The maximum Gasteiger partial charge on any atom is 0.0991 e. The SMILES string of the molecule is C/C(N)=C(/C(=N)c1ccncc1)c1ccc(-c2ccc(C#N)cc2)c(C)c1. The molecular weight excluding hydrogens is 332 g/mol. The highest BCUT2D eigenvalue weighted by Gasteiger charge is 2.14. The predicted octanol–water partition coefficient (Wildman–Crippen LogP) is 4.69. The molecule has 132 valence electrons. The van der Waals surface area contributed by atoms with Crippen LogP contribution in [0.3, 0.4) is 0 Å². The lowest BCUT2D eigenvalue weighted by Crippen LogP contribution is -2.09. The molecule has 0 aliphatic heterocycles. The van der Waals surface area contributed by atoms with Gasteiger partial charge in [-0.3, -0.25) is 10.4 Å². The molecule has 0 spiro atoms. The zero-order valence-corrected chi connectivity index (χ0v) is 15.3. The number of nitrogens with two attached hydrogens (primary N) is 1. The highest BCUT2D eigenvalue weighted by atomic mass is 14.6. The van der Waals surface area contributed by atoms with Crippen LogP contribution >= 0.6 is 0 Å². The largest absolute Gasteiger partial charge is 0.402 e. The summed E-state index contributed by atoms with van der Waals surface area (Å²) < 4.78 is 0. The van der Waals surface area contributed by atoms with Crippen LogP contribution in [0.2, 0.25) is 0 Å². The molecule has 4 heteroatoms. The molecule has 3 N–H and O–H groups in total. The summed E-state index contributed by atoms with van der Waals surface area (Å²) in [6.45, 7) is 3.85. The number of rotatable bonds is 4. The van der Waals surface area contributed by atoms with Gasteiger partial charge in [-0.05, 0) is 60.4 Å². The number of nitriles is 1. The molecule has 0 fully saturated rings. The normalized spacial score (nSPS) is 11.4. The van der Waals surface area contributed by atoms with Crippen molar-refractivity contribution in [2.45, 2.75) is 13.8 Å². The van der Waals surface area contributed by atoms with Gasteiger partial charge in [-0.25, -0.2) is 0 Å². The lowest BCUT2D eigenvalue weighted by molar-refractivity contribution is 1.30. The van der Waals surface area contributed by atoms with Gasteiger partial charge in [0.25, 0.3) is 0 Å². The van der Waals surface area contributed by atoms with E-state index in [0.29, 0.717) is 17.0 Å². The molecule has 0 aliphatic rings. The second-order valence-electron chi connectivity index (χ2n) is 6.39. The van der Waals surface area contributed by atoms with Gasteiger partial charge < -0.3 is 5.73 Å². The summed E-state index contributed by atoms with van der Waals surface area (Å²) in [7, 11) is 0. The first-order chi connectivity index (χ1) is 13.0. The summed E-state index contributed by atoms with van der Waals surface area (Å²) in [6.07, 6.45) is 3.35. The molecule has 0 unspecified atom stereocenters. The third-order valence-corrected chi connectivity index (χ3v) is 4.45. The Labute approximate surface area is 159 Å². The van der Waals surface area contributed by atoms with Gasteiger partial charge in [0.2, 0.25) is 0 Å². The van der Waals surface area contributed by atoms with Crippen molar-refractivity contribution in [3.05, 3.63) is 94.9 Å². The standard InChI is InChI=1S/C23H20N4/c1-15-13-20(7-8-21(15)18-5-3-17(14-24)4-6-18)22(16(2)25)23(26)19-9-11-27-12-10-19/h3-13,26H,25H2,1-2H3/b22-16-,26-23?. The van der Waals surface area contributed by atoms with E-state index in [9.17, 15) is 0 Å². The molecule has 4 nitrogen and oxygen atoms in total. The van der Waals surface area contributed by atoms with Crippen molar-refractivity contribution >= 4 is 11.3 Å². The van der Waals surface area contributed by atoms with Crippen LogP contribution in [0.15, 0.2) is 72.7 Å². The molecule has 1 aromatic heterocycles. The van der Waals surface area contributed by atoms with Crippen molar-refractivity contribution < 1.29 is 0 Å². The fourth-order valence-electron chi connectivity index (χ4n) is 3.10. The van der Waals surface area contributed by atoms with Crippen LogP contribution in [0.1, 0.15) is 29.2 Å². The van der Waals surface area contributed by atoms with Crippen LogP contribution in [0.4, 0.5) is 0 Å². The zero-order valence-electron chi connectivity index (χ0n) is 15.3. The molecule has 3 rings (SSSR count). The molecule has 0 saturated carbocycles. The van der Waals surface area contributed by atoms with E-state index >= 15 is 0 Å². The van der Waals surface area contributed by atoms with E-state index in [1.807, 2.05) is 62.4 Å². The van der Waals surface area contributed by atoms with E-state index in [2.05, 4.69) is 17.1 Å². The quantitative estimate of drug-likeness (QED) is 0.668. The van der Waals surface area contributed by atoms with Crippen molar-refractivity contribution in [3.63, 3.8) is 0 Å². The zero-order chi connectivity index (χ0) is 19.4. The molecular formula is C23H20N4. The highest BCUT2D eigenvalue weighted by molar-refractivity contribution is 6.30. The number of hydrogen-bond donors (Lipinski definition) is 2. The van der Waals surface area contributed by atoms with Crippen molar-refractivity contribution in [3.8, 4) is 17.2 Å². The Morgan fingerprint density at radius 1 is 1.00 bits per heavy atom. The average Bonchev–Trinajstić information content (AvgIpc) is 2.69. The first kappa shape index (κ1) is 18.1. The number of nitrogens with one attached hydrogen (secondary N) is 1. The lowest BCUT2D eigenvalue weighted by atomic mass is 9.91. The van der Waals surface area contributed by atoms with Crippen LogP contribution in [0.5, 0.6) is 0 Å². The number of benzene rings is 2. The second kappa shape index (κ2) is 7.67. The minimum atomic E-state index is 0.378. The summed E-state index contributed by atoms with van der Waals surface area (Å²) in [4.78, 5) is 4.01. The number of hydrogen-bond acceptors (Lipinski definition) is 4. The van der Waals surface area contributed by atoms with E-state index in [0.717, 1.165) is 33.4 Å². The Morgan fingerprint density at radius 2 is 1.67 bits per heavy atom. The first-order valence-corrected chi connectivity index (χ1v) is 8.58. The smallest absolute Gasteiger partial charge is 0.0991 e. The van der Waals surface area contributed by atoms with Gasteiger partial charge in [0.15, 0.2) is 0 Å². The molecule has 0 radical (unpaired) electrons. The van der Waals surface area contributed by atoms with Gasteiger partial charge in [0.05, 0.1) is 17.3 Å². The van der Waals surface area contributed by atoms with E-state index in [1.54, 1.807) is 12.4 Å². The van der Waals surface area contributed by atoms with Gasteiger partial charge in [0, 0.05) is 29.2 Å². The summed E-state index contributed by atoms with van der Waals surface area (Å²) >= 11 is 0. The molecule has 0 bridgehead atoms. The van der Waals surface area contributed by atoms with Crippen molar-refractivity contribution in [2.75, 3.05) is 0 Å². The number of aryl methyl sites for hydroxylation is 1. The fourth-order valence-corrected chi connectivity index (χ4v) is 3.10. The van der Waals surface area contributed by atoms with Crippen molar-refractivity contribution in [1.29, 1.82) is 10.7 Å². The van der Waals surface area contributed by atoms with Gasteiger partial charge >= 0.3 is 0 Å². The van der Waals surface area contributed by atoms with Crippen molar-refractivity contribution in [2.24, 2.45) is 5.73 Å². The van der Waals surface area contributed by atoms with Crippen molar-refractivity contribution in [1.82, 2.24) is 4.98 Å². The van der Waals surface area contributed by atoms with E-state index < -0.39 is 0 Å². The van der Waals surface area contributed by atoms with Gasteiger partial charge in [-0.1, -0.05) is 30.3 Å². The lowest BCUT2D eigenvalue weighted by Gasteiger charge is -2.15. The molecule has 2 aromatic carbocycles. The molecule has 3 aromatic rings. The number of pyridine rings is 1. The highest BCUT2D eigenvalue weighted by Crippen LogP contribution is 2.29. The van der Waals surface area contributed by atoms with Crippen LogP contribution < -0.4 is 5.73 Å². The van der Waals surface area contributed by atoms with Crippen LogP contribution in [-0.4, -0.2) is 10.7 Å². The number of aromatic nitrogens is 1.